The summed E-state index contributed by atoms with van der Waals surface area (Å²) in [6, 6.07) is 18.4. The number of aryl methyl sites for hydroxylation is 2. The Balaban J connectivity index is 1.61. The maximum absolute atomic E-state index is 11.8. The van der Waals surface area contributed by atoms with Crippen molar-refractivity contribution >= 4 is 11.6 Å². The first-order chi connectivity index (χ1) is 10.8. The third kappa shape index (κ3) is 5.70. The fourth-order valence-corrected chi connectivity index (χ4v) is 2.29. The molecule has 0 radical (unpaired) electrons. The van der Waals surface area contributed by atoms with Crippen LogP contribution >= 0.6 is 0 Å². The van der Waals surface area contributed by atoms with Gasteiger partial charge in [0.25, 0.3) is 0 Å². The molecule has 2 aromatic carbocycles. The van der Waals surface area contributed by atoms with Gasteiger partial charge in [-0.3, -0.25) is 4.79 Å². The van der Waals surface area contributed by atoms with Gasteiger partial charge in [-0.25, -0.2) is 0 Å². The van der Waals surface area contributed by atoms with E-state index in [-0.39, 0.29) is 5.91 Å². The Kier molecular flexibility index (Phi) is 6.65. The van der Waals surface area contributed by atoms with Gasteiger partial charge in [-0.1, -0.05) is 49.4 Å². The van der Waals surface area contributed by atoms with Gasteiger partial charge >= 0.3 is 0 Å². The lowest BCUT2D eigenvalue weighted by Crippen LogP contribution is -2.28. The van der Waals surface area contributed by atoms with Gasteiger partial charge in [-0.15, -0.1) is 0 Å². The number of anilines is 1. The van der Waals surface area contributed by atoms with E-state index in [9.17, 15) is 4.79 Å². The molecule has 1 amide bonds. The Labute approximate surface area is 132 Å². The maximum atomic E-state index is 11.8. The molecule has 2 rings (SSSR count). The minimum atomic E-state index is 0.00367. The van der Waals surface area contributed by atoms with Crippen molar-refractivity contribution in [2.75, 3.05) is 18.4 Å². The molecule has 116 valence electrons. The molecule has 0 atom stereocenters. The van der Waals surface area contributed by atoms with E-state index < -0.39 is 0 Å². The molecule has 0 saturated heterocycles. The highest BCUT2D eigenvalue weighted by molar-refractivity contribution is 5.92. The number of amides is 1. The summed E-state index contributed by atoms with van der Waals surface area (Å²) in [4.78, 5) is 11.8. The standard InChI is InChI=1S/C19H24N2O/c1-2-16-10-12-18(13-11-16)21-19(22)15-20-14-6-9-17-7-4-3-5-8-17/h3-5,7-8,10-13,20H,2,6,9,14-15H2,1H3,(H,21,22). The van der Waals surface area contributed by atoms with E-state index in [1.165, 1.54) is 11.1 Å². The number of carbonyl (C=O) groups excluding carboxylic acids is 1. The topological polar surface area (TPSA) is 41.1 Å². The summed E-state index contributed by atoms with van der Waals surface area (Å²) in [6.45, 7) is 3.31. The van der Waals surface area contributed by atoms with E-state index in [1.54, 1.807) is 0 Å². The molecule has 0 fully saturated rings. The number of hydrogen-bond donors (Lipinski definition) is 2. The normalized spacial score (nSPS) is 10.4. The number of hydrogen-bond acceptors (Lipinski definition) is 2. The van der Waals surface area contributed by atoms with Crippen LogP contribution in [0.5, 0.6) is 0 Å². The lowest BCUT2D eigenvalue weighted by molar-refractivity contribution is -0.115. The summed E-state index contributed by atoms with van der Waals surface area (Å²) < 4.78 is 0. The molecular formula is C19H24N2O. The largest absolute Gasteiger partial charge is 0.325 e. The highest BCUT2D eigenvalue weighted by Gasteiger charge is 2.01. The maximum Gasteiger partial charge on any atom is 0.238 e. The van der Waals surface area contributed by atoms with Gasteiger partial charge in [0.15, 0.2) is 0 Å². The summed E-state index contributed by atoms with van der Waals surface area (Å²) in [6.07, 6.45) is 3.08. The molecule has 3 heteroatoms. The monoisotopic (exact) mass is 296 g/mol. The lowest BCUT2D eigenvalue weighted by Gasteiger charge is -2.07. The predicted octanol–water partition coefficient (Wildman–Crippen LogP) is 3.41. The van der Waals surface area contributed by atoms with Crippen LogP contribution in [0.25, 0.3) is 0 Å². The summed E-state index contributed by atoms with van der Waals surface area (Å²) in [7, 11) is 0. The molecule has 3 nitrogen and oxygen atoms in total. The van der Waals surface area contributed by atoms with E-state index in [1.807, 2.05) is 30.3 Å². The van der Waals surface area contributed by atoms with E-state index in [0.29, 0.717) is 6.54 Å². The Morgan fingerprint density at radius 2 is 1.68 bits per heavy atom. The molecule has 0 saturated carbocycles. The van der Waals surface area contributed by atoms with Crippen molar-refractivity contribution in [2.45, 2.75) is 26.2 Å². The Morgan fingerprint density at radius 3 is 2.36 bits per heavy atom. The number of carbonyl (C=O) groups is 1. The van der Waals surface area contributed by atoms with Crippen molar-refractivity contribution in [3.05, 3.63) is 65.7 Å². The van der Waals surface area contributed by atoms with E-state index >= 15 is 0 Å². The minimum absolute atomic E-state index is 0.00367. The fraction of sp³-hybridized carbons (Fsp3) is 0.316. The molecule has 2 aromatic rings. The summed E-state index contributed by atoms with van der Waals surface area (Å²) in [5.41, 5.74) is 3.47. The molecule has 0 heterocycles. The van der Waals surface area contributed by atoms with Crippen molar-refractivity contribution in [1.29, 1.82) is 0 Å². The summed E-state index contributed by atoms with van der Waals surface area (Å²) >= 11 is 0. The molecule has 2 N–H and O–H groups in total. The average Bonchev–Trinajstić information content (AvgIpc) is 2.56. The van der Waals surface area contributed by atoms with Crippen molar-refractivity contribution < 1.29 is 4.79 Å². The molecule has 0 spiro atoms. The van der Waals surface area contributed by atoms with Gasteiger partial charge in [-0.05, 0) is 49.1 Å². The first kappa shape index (κ1) is 16.2. The third-order valence-corrected chi connectivity index (χ3v) is 3.59. The Hall–Kier alpha value is -2.13. The van der Waals surface area contributed by atoms with Crippen LogP contribution in [0, 0.1) is 0 Å². The molecule has 0 bridgehead atoms. The highest BCUT2D eigenvalue weighted by atomic mass is 16.1. The molecule has 0 aromatic heterocycles. The SMILES string of the molecule is CCc1ccc(NC(=O)CNCCCc2ccccc2)cc1. The van der Waals surface area contributed by atoms with E-state index in [2.05, 4.69) is 41.8 Å². The average molecular weight is 296 g/mol. The van der Waals surface area contributed by atoms with E-state index in [4.69, 9.17) is 0 Å². The molecular weight excluding hydrogens is 272 g/mol. The van der Waals surface area contributed by atoms with Crippen LogP contribution < -0.4 is 10.6 Å². The highest BCUT2D eigenvalue weighted by Crippen LogP contribution is 2.09. The molecule has 0 aliphatic heterocycles. The minimum Gasteiger partial charge on any atom is -0.325 e. The number of rotatable bonds is 8. The van der Waals surface area contributed by atoms with Crippen molar-refractivity contribution in [2.24, 2.45) is 0 Å². The second-order valence-electron chi connectivity index (χ2n) is 5.36. The lowest BCUT2D eigenvalue weighted by atomic mass is 10.1. The van der Waals surface area contributed by atoms with Crippen molar-refractivity contribution in [3.63, 3.8) is 0 Å². The predicted molar refractivity (Wildman–Crippen MR) is 92.1 cm³/mol. The van der Waals surface area contributed by atoms with Crippen LogP contribution in [0.2, 0.25) is 0 Å². The van der Waals surface area contributed by atoms with Crippen molar-refractivity contribution in [3.8, 4) is 0 Å². The van der Waals surface area contributed by atoms with Gasteiger partial charge in [0.1, 0.15) is 0 Å². The first-order valence-corrected chi connectivity index (χ1v) is 7.91. The molecule has 0 unspecified atom stereocenters. The van der Waals surface area contributed by atoms with Crippen LogP contribution in [0.15, 0.2) is 54.6 Å². The fourth-order valence-electron chi connectivity index (χ4n) is 2.29. The summed E-state index contributed by atoms with van der Waals surface area (Å²) in [5, 5.41) is 6.09. The molecule has 0 aliphatic rings. The number of benzene rings is 2. The molecule has 22 heavy (non-hydrogen) atoms. The second kappa shape index (κ2) is 9.00. The van der Waals surface area contributed by atoms with Crippen LogP contribution in [0.1, 0.15) is 24.5 Å². The van der Waals surface area contributed by atoms with Gasteiger partial charge in [-0.2, -0.15) is 0 Å². The second-order valence-corrected chi connectivity index (χ2v) is 5.36. The Bertz CT molecular complexity index is 564. The van der Waals surface area contributed by atoms with Gasteiger partial charge in [0.05, 0.1) is 6.54 Å². The first-order valence-electron chi connectivity index (χ1n) is 7.91. The van der Waals surface area contributed by atoms with Gasteiger partial charge in [0, 0.05) is 5.69 Å². The Morgan fingerprint density at radius 1 is 0.955 bits per heavy atom. The van der Waals surface area contributed by atoms with Crippen LogP contribution in [-0.4, -0.2) is 19.0 Å². The van der Waals surface area contributed by atoms with Crippen LogP contribution in [0.3, 0.4) is 0 Å². The van der Waals surface area contributed by atoms with Crippen LogP contribution in [-0.2, 0) is 17.6 Å². The van der Waals surface area contributed by atoms with Gasteiger partial charge < -0.3 is 10.6 Å². The van der Waals surface area contributed by atoms with Crippen molar-refractivity contribution in [1.82, 2.24) is 5.32 Å². The quantitative estimate of drug-likeness (QED) is 0.733. The smallest absolute Gasteiger partial charge is 0.238 e. The number of nitrogens with one attached hydrogen (secondary N) is 2. The zero-order chi connectivity index (χ0) is 15.6. The molecule has 0 aliphatic carbocycles. The summed E-state index contributed by atoms with van der Waals surface area (Å²) in [5.74, 6) is 0.00367. The zero-order valence-electron chi connectivity index (χ0n) is 13.1. The zero-order valence-corrected chi connectivity index (χ0v) is 13.1. The van der Waals surface area contributed by atoms with Crippen LogP contribution in [0.4, 0.5) is 5.69 Å². The van der Waals surface area contributed by atoms with Gasteiger partial charge in [0.2, 0.25) is 5.91 Å². The third-order valence-electron chi connectivity index (χ3n) is 3.59. The van der Waals surface area contributed by atoms with E-state index in [0.717, 1.165) is 31.5 Å².